The summed E-state index contributed by atoms with van der Waals surface area (Å²) < 4.78 is 49.5. The lowest BCUT2D eigenvalue weighted by Gasteiger charge is -2.13. The first-order chi connectivity index (χ1) is 13.0. The first kappa shape index (κ1) is 8.89. The van der Waals surface area contributed by atoms with Crippen LogP contribution in [0.3, 0.4) is 0 Å². The van der Waals surface area contributed by atoms with E-state index in [9.17, 15) is 0 Å². The van der Waals surface area contributed by atoms with Crippen LogP contribution in [0.15, 0.2) is 60.8 Å². The van der Waals surface area contributed by atoms with Crippen LogP contribution >= 0.6 is 0 Å². The third-order valence-corrected chi connectivity index (χ3v) is 3.91. The number of pyridine rings is 1. The van der Waals surface area contributed by atoms with Gasteiger partial charge in [-0.2, -0.15) is 0 Å². The molecule has 1 heterocycles. The average molecular weight is 294 g/mol. The predicted molar refractivity (Wildman–Crippen MR) is 92.7 cm³/mol. The van der Waals surface area contributed by atoms with Gasteiger partial charge in [0.15, 0.2) is 6.20 Å². The van der Waals surface area contributed by atoms with E-state index in [1.165, 1.54) is 6.07 Å². The molecule has 22 heavy (non-hydrogen) atoms. The fraction of sp³-hybridized carbons (Fsp3) is 0.190. The summed E-state index contributed by atoms with van der Waals surface area (Å²) in [5.41, 5.74) is 3.76. The lowest BCUT2D eigenvalue weighted by molar-refractivity contribution is -0.660. The van der Waals surface area contributed by atoms with Gasteiger partial charge < -0.3 is 0 Å². The number of hydrogen-bond donors (Lipinski definition) is 0. The molecule has 0 saturated carbocycles. The zero-order valence-corrected chi connectivity index (χ0v) is 12.7. The molecule has 0 aliphatic heterocycles. The van der Waals surface area contributed by atoms with Crippen molar-refractivity contribution in [1.82, 2.24) is 0 Å². The maximum Gasteiger partial charge on any atom is 0.212 e. The van der Waals surface area contributed by atoms with Gasteiger partial charge in [0.1, 0.15) is 7.05 Å². The smallest absolute Gasteiger partial charge is 0.201 e. The third kappa shape index (κ3) is 2.55. The number of aromatic nitrogens is 1. The van der Waals surface area contributed by atoms with Gasteiger partial charge in [0, 0.05) is 25.9 Å². The Morgan fingerprint density at radius 3 is 2.32 bits per heavy atom. The zero-order chi connectivity index (χ0) is 20.7. The van der Waals surface area contributed by atoms with E-state index in [4.69, 9.17) is 8.22 Å². The van der Waals surface area contributed by atoms with E-state index < -0.39 is 13.7 Å². The van der Waals surface area contributed by atoms with Crippen molar-refractivity contribution in [2.24, 2.45) is 7.05 Å². The Hall–Kier alpha value is -2.41. The van der Waals surface area contributed by atoms with Crippen molar-refractivity contribution in [2.45, 2.75) is 20.6 Å². The molecule has 0 aliphatic rings. The van der Waals surface area contributed by atoms with Gasteiger partial charge in [0.2, 0.25) is 5.69 Å². The Bertz CT molecular complexity index is 1020. The van der Waals surface area contributed by atoms with E-state index in [2.05, 4.69) is 0 Å². The van der Waals surface area contributed by atoms with Gasteiger partial charge >= 0.3 is 0 Å². The molecule has 0 saturated heterocycles. The highest BCUT2D eigenvalue weighted by Crippen LogP contribution is 2.32. The summed E-state index contributed by atoms with van der Waals surface area (Å²) in [5.74, 6) is 0. The largest absolute Gasteiger partial charge is 0.212 e. The van der Waals surface area contributed by atoms with E-state index in [0.717, 1.165) is 16.8 Å². The molecule has 0 bridgehead atoms. The summed E-state index contributed by atoms with van der Waals surface area (Å²) in [6.07, 6.45) is 1.92. The summed E-state index contributed by atoms with van der Waals surface area (Å²) in [4.78, 5) is 0. The van der Waals surface area contributed by atoms with Crippen LogP contribution in [0.25, 0.3) is 22.4 Å². The van der Waals surface area contributed by atoms with Crippen molar-refractivity contribution >= 4 is 0 Å². The Balaban J connectivity index is 2.38. The van der Waals surface area contributed by atoms with Crippen LogP contribution < -0.4 is 4.57 Å². The normalized spacial score (nSPS) is 15.9. The van der Waals surface area contributed by atoms with Crippen LogP contribution in [0.4, 0.5) is 0 Å². The van der Waals surface area contributed by atoms with Crippen LogP contribution in [-0.2, 0) is 7.05 Å². The Kier molecular flexibility index (Phi) is 2.33. The van der Waals surface area contributed by atoms with Crippen LogP contribution in [0.2, 0.25) is 0 Å². The lowest BCUT2D eigenvalue weighted by Crippen LogP contribution is -2.30. The molecule has 110 valence electrons. The molecule has 0 atom stereocenters. The Morgan fingerprint density at radius 1 is 0.773 bits per heavy atom. The highest BCUT2D eigenvalue weighted by molar-refractivity contribution is 5.77. The fourth-order valence-electron chi connectivity index (χ4n) is 2.73. The fourth-order valence-corrected chi connectivity index (χ4v) is 2.73. The van der Waals surface area contributed by atoms with Gasteiger partial charge in [-0.15, -0.1) is 0 Å². The molecular formula is C21H22N+. The minimum Gasteiger partial charge on any atom is -0.201 e. The quantitative estimate of drug-likeness (QED) is 0.599. The molecule has 0 radical (unpaired) electrons. The molecule has 0 spiro atoms. The van der Waals surface area contributed by atoms with Crippen LogP contribution in [0.1, 0.15) is 24.9 Å². The van der Waals surface area contributed by atoms with Crippen LogP contribution in [-0.4, -0.2) is 0 Å². The minimum atomic E-state index is -2.36. The molecule has 1 heteroatoms. The van der Waals surface area contributed by atoms with Gasteiger partial charge in [-0.1, -0.05) is 30.3 Å². The molecule has 0 unspecified atom stereocenters. The van der Waals surface area contributed by atoms with E-state index >= 15 is 0 Å². The number of hydrogen-bond acceptors (Lipinski definition) is 0. The number of rotatable bonds is 2. The summed E-state index contributed by atoms with van der Waals surface area (Å²) in [7, 11) is 1.92. The molecule has 2 aromatic carbocycles. The molecule has 1 aromatic heterocycles. The number of nitrogens with zero attached hydrogens (tertiary/aromatic N) is 1. The van der Waals surface area contributed by atoms with Gasteiger partial charge in [-0.05, 0) is 60.6 Å². The van der Waals surface area contributed by atoms with Crippen molar-refractivity contribution in [3.63, 3.8) is 0 Å². The van der Waals surface area contributed by atoms with Crippen molar-refractivity contribution < 1.29 is 12.8 Å². The van der Waals surface area contributed by atoms with Crippen molar-refractivity contribution in [1.29, 1.82) is 0 Å². The predicted octanol–water partition coefficient (Wildman–Crippen LogP) is 4.77. The van der Waals surface area contributed by atoms with E-state index in [1.807, 2.05) is 42.9 Å². The standard InChI is InChI=1S/C21H22N/c1-15-9-5-6-10-18(15)19-14-20(17(3)13-16(19)2)21-11-7-8-12-22(21)4/h5-14H,1-4H3/q+1/i1D3,2D3. The van der Waals surface area contributed by atoms with E-state index in [1.54, 1.807) is 30.3 Å². The summed E-state index contributed by atoms with van der Waals surface area (Å²) in [6, 6.07) is 15.9. The summed E-state index contributed by atoms with van der Waals surface area (Å²) in [5, 5.41) is 0. The van der Waals surface area contributed by atoms with Crippen molar-refractivity contribution in [2.75, 3.05) is 0 Å². The third-order valence-electron chi connectivity index (χ3n) is 3.91. The number of aryl methyl sites for hydroxylation is 4. The molecule has 0 fully saturated rings. The maximum atomic E-state index is 7.99. The SMILES string of the molecule is [2H]C([2H])([2H])c1ccccc1-c1cc(-c2cccc[n+]2C)c(C)cc1C([2H])([2H])[2H]. The van der Waals surface area contributed by atoms with Crippen LogP contribution in [0.5, 0.6) is 0 Å². The van der Waals surface area contributed by atoms with Crippen molar-refractivity contribution in [3.8, 4) is 22.4 Å². The van der Waals surface area contributed by atoms with Gasteiger partial charge in [0.05, 0.1) is 0 Å². The second kappa shape index (κ2) is 5.76. The number of benzene rings is 2. The topological polar surface area (TPSA) is 3.88 Å². The molecule has 1 nitrogen and oxygen atoms in total. The van der Waals surface area contributed by atoms with Gasteiger partial charge in [0.25, 0.3) is 0 Å². The minimum absolute atomic E-state index is 0.146. The highest BCUT2D eigenvalue weighted by atomic mass is 14.9. The molecule has 3 aromatic rings. The second-order valence-electron chi connectivity index (χ2n) is 5.46. The van der Waals surface area contributed by atoms with E-state index in [-0.39, 0.29) is 11.1 Å². The van der Waals surface area contributed by atoms with Gasteiger partial charge in [-0.25, -0.2) is 4.57 Å². The molecule has 0 N–H and O–H groups in total. The van der Waals surface area contributed by atoms with Crippen molar-refractivity contribution in [3.05, 3.63) is 77.5 Å². The first-order valence-electron chi connectivity index (χ1n) is 10.2. The lowest BCUT2D eigenvalue weighted by atomic mass is 9.91. The molecule has 0 amide bonds. The average Bonchev–Trinajstić information content (AvgIpc) is 2.61. The van der Waals surface area contributed by atoms with E-state index in [0.29, 0.717) is 11.1 Å². The molecule has 0 aliphatic carbocycles. The van der Waals surface area contributed by atoms with Crippen LogP contribution in [0, 0.1) is 20.6 Å². The zero-order valence-electron chi connectivity index (χ0n) is 18.7. The molecular weight excluding hydrogens is 266 g/mol. The van der Waals surface area contributed by atoms with Gasteiger partial charge in [-0.3, -0.25) is 0 Å². The Morgan fingerprint density at radius 2 is 1.55 bits per heavy atom. The second-order valence-corrected chi connectivity index (χ2v) is 5.46. The maximum absolute atomic E-state index is 7.99. The first-order valence-corrected chi connectivity index (χ1v) is 7.20. The molecule has 3 rings (SSSR count). The monoisotopic (exact) mass is 294 g/mol. The highest BCUT2D eigenvalue weighted by Gasteiger charge is 2.15. The summed E-state index contributed by atoms with van der Waals surface area (Å²) in [6.45, 7) is -2.83. The summed E-state index contributed by atoms with van der Waals surface area (Å²) >= 11 is 0. The Labute approximate surface area is 141 Å².